The topological polar surface area (TPSA) is 93.3 Å². The molecule has 1 N–H and O–H groups in total. The number of pyridine rings is 1. The van der Waals surface area contributed by atoms with Gasteiger partial charge in [-0.25, -0.2) is 13.8 Å². The van der Waals surface area contributed by atoms with E-state index in [0.29, 0.717) is 43.3 Å². The fourth-order valence-corrected chi connectivity index (χ4v) is 10.6. The molecule has 3 fully saturated rings. The molecule has 41 heavy (non-hydrogen) atoms. The molecule has 2 saturated heterocycles. The molecule has 0 radical (unpaired) electrons. The number of nitrogens with zero attached hydrogens (tertiary/aromatic N) is 6. The number of H-pyrrole nitrogens is 1. The highest BCUT2D eigenvalue weighted by molar-refractivity contribution is 7.97. The monoisotopic (exact) mass is 589 g/mol. The number of hydrogen-bond acceptors (Lipinski definition) is 6. The predicted molar refractivity (Wildman–Crippen MR) is 168 cm³/mol. The maximum atomic E-state index is 12.5. The summed E-state index contributed by atoms with van der Waals surface area (Å²) in [4.78, 5) is 13.7. The number of aryl methyl sites for hydroxylation is 2. The number of thiophene rings is 1. The SMILES string of the molecule is C=S(C)(=O)N1CC(CC#N)(N2C[C@@H]3CC2C[C@H]3c2sc3[nH]c(-c4cn5ncnc5c(C)c4C)c(C(C)C)c3c2C)C1. The second-order valence-electron chi connectivity index (χ2n) is 13.1. The molecule has 0 aromatic carbocycles. The highest BCUT2D eigenvalue weighted by Gasteiger charge is 2.57. The standard InChI is InChI=1S/C31H39N7OS2/c1-17(2)25-26-20(5)28(40-30(26)35-27(25)24-13-38-29(33-16-34-38)19(4)18(24)3)23-11-22-10-21(23)12-37(22)31(8-9-32)14-36(15-31)41(6,7)39/h13,16-17,21-23,35H,6,8,10-12,14-15H2,1-5,7H3/t21-,22?,23+,41?/m0/s1. The van der Waals surface area contributed by atoms with Crippen LogP contribution >= 0.6 is 11.3 Å². The Bertz CT molecular complexity index is 1850. The Morgan fingerprint density at radius 2 is 2.00 bits per heavy atom. The lowest BCUT2D eigenvalue weighted by molar-refractivity contribution is -0.0294. The molecule has 4 atom stereocenters. The van der Waals surface area contributed by atoms with Gasteiger partial charge in [0.25, 0.3) is 0 Å². The van der Waals surface area contributed by atoms with Crippen LogP contribution in [0.2, 0.25) is 0 Å². The summed E-state index contributed by atoms with van der Waals surface area (Å²) in [6, 6.07) is 2.93. The van der Waals surface area contributed by atoms with E-state index in [1.165, 1.54) is 49.5 Å². The van der Waals surface area contributed by atoms with Crippen LogP contribution in [0.4, 0.5) is 0 Å². The van der Waals surface area contributed by atoms with E-state index >= 15 is 0 Å². The summed E-state index contributed by atoms with van der Waals surface area (Å²) < 4.78 is 16.4. The minimum absolute atomic E-state index is 0.174. The van der Waals surface area contributed by atoms with Gasteiger partial charge in [-0.2, -0.15) is 10.4 Å². The zero-order valence-corrected chi connectivity index (χ0v) is 26.5. The van der Waals surface area contributed by atoms with Crippen molar-refractivity contribution >= 4 is 42.8 Å². The van der Waals surface area contributed by atoms with Crippen molar-refractivity contribution in [2.75, 3.05) is 25.9 Å². The number of hydrogen-bond donors (Lipinski definition) is 1. The van der Waals surface area contributed by atoms with E-state index in [0.717, 1.165) is 24.2 Å². The van der Waals surface area contributed by atoms with Crippen LogP contribution in [-0.4, -0.2) is 76.3 Å². The van der Waals surface area contributed by atoms with Crippen LogP contribution in [0.15, 0.2) is 12.5 Å². The molecule has 8 nitrogen and oxygen atoms in total. The van der Waals surface area contributed by atoms with Gasteiger partial charge in [0.05, 0.1) is 23.7 Å². The molecule has 4 aromatic heterocycles. The quantitative estimate of drug-likeness (QED) is 0.304. The lowest BCUT2D eigenvalue weighted by Crippen LogP contribution is -2.72. The molecule has 216 valence electrons. The molecule has 2 bridgehead atoms. The number of piperidine rings is 1. The van der Waals surface area contributed by atoms with Crippen LogP contribution in [0.1, 0.15) is 72.1 Å². The minimum Gasteiger partial charge on any atom is -0.346 e. The van der Waals surface area contributed by atoms with Gasteiger partial charge in [-0.15, -0.1) is 11.3 Å². The second-order valence-corrected chi connectivity index (χ2v) is 16.6. The van der Waals surface area contributed by atoms with Crippen molar-refractivity contribution in [2.45, 2.75) is 77.3 Å². The molecule has 1 saturated carbocycles. The number of likely N-dealkylation sites (tertiary alicyclic amines) is 1. The first-order valence-electron chi connectivity index (χ1n) is 14.6. The Hall–Kier alpha value is -2.71. The van der Waals surface area contributed by atoms with E-state index in [2.05, 4.69) is 72.7 Å². The molecule has 1 aliphatic carbocycles. The Kier molecular flexibility index (Phi) is 6.05. The van der Waals surface area contributed by atoms with Crippen LogP contribution in [0.25, 0.3) is 27.1 Å². The van der Waals surface area contributed by atoms with Crippen molar-refractivity contribution in [3.8, 4) is 17.3 Å². The summed E-state index contributed by atoms with van der Waals surface area (Å²) in [5, 5.41) is 15.5. The number of fused-ring (bicyclic) bond motifs is 4. The molecule has 3 aliphatic rings. The van der Waals surface area contributed by atoms with E-state index in [1.807, 2.05) is 20.2 Å². The average molecular weight is 590 g/mol. The third-order valence-electron chi connectivity index (χ3n) is 10.3. The molecule has 4 aromatic rings. The normalized spacial score (nSPS) is 25.8. The van der Waals surface area contributed by atoms with Crippen molar-refractivity contribution in [1.82, 2.24) is 28.8 Å². The molecule has 7 rings (SSSR count). The maximum Gasteiger partial charge on any atom is 0.158 e. The van der Waals surface area contributed by atoms with Crippen molar-refractivity contribution < 1.29 is 4.21 Å². The largest absolute Gasteiger partial charge is 0.346 e. The Morgan fingerprint density at radius 3 is 2.63 bits per heavy atom. The number of nitriles is 1. The molecule has 2 unspecified atom stereocenters. The van der Waals surface area contributed by atoms with E-state index in [1.54, 1.807) is 12.6 Å². The fraction of sp³-hybridized carbons (Fsp3) is 0.548. The summed E-state index contributed by atoms with van der Waals surface area (Å²) >= 11 is 1.95. The van der Waals surface area contributed by atoms with Crippen molar-refractivity contribution in [2.24, 2.45) is 5.92 Å². The lowest BCUT2D eigenvalue weighted by atomic mass is 9.82. The van der Waals surface area contributed by atoms with Gasteiger partial charge in [0.2, 0.25) is 0 Å². The Labute approximate surface area is 246 Å². The molecular weight excluding hydrogens is 551 g/mol. The fourth-order valence-electron chi connectivity index (χ4n) is 8.13. The summed E-state index contributed by atoms with van der Waals surface area (Å²) in [5.74, 6) is 5.40. The molecule has 0 spiro atoms. The van der Waals surface area contributed by atoms with E-state index in [9.17, 15) is 9.47 Å². The van der Waals surface area contributed by atoms with Gasteiger partial charge >= 0.3 is 0 Å². The third kappa shape index (κ3) is 3.89. The second kappa shape index (κ2) is 9.14. The minimum atomic E-state index is -2.23. The summed E-state index contributed by atoms with van der Waals surface area (Å²) in [6.45, 7) is 13.6. The average Bonchev–Trinajstić information content (AvgIpc) is 3.69. The number of nitrogens with one attached hydrogen (secondary N) is 1. The highest BCUT2D eigenvalue weighted by Crippen LogP contribution is 2.55. The van der Waals surface area contributed by atoms with Crippen molar-refractivity contribution in [3.63, 3.8) is 0 Å². The molecule has 2 aliphatic heterocycles. The zero-order valence-electron chi connectivity index (χ0n) is 24.8. The van der Waals surface area contributed by atoms with Gasteiger partial charge in [-0.1, -0.05) is 13.8 Å². The van der Waals surface area contributed by atoms with Crippen LogP contribution in [0.3, 0.4) is 0 Å². The van der Waals surface area contributed by atoms with Gasteiger partial charge in [-0.05, 0) is 79.5 Å². The van der Waals surface area contributed by atoms with Crippen molar-refractivity contribution in [3.05, 3.63) is 39.7 Å². The summed E-state index contributed by atoms with van der Waals surface area (Å²) in [6.07, 6.45) is 8.28. The maximum absolute atomic E-state index is 12.5. The Balaban J connectivity index is 1.22. The van der Waals surface area contributed by atoms with Crippen LogP contribution in [0.5, 0.6) is 0 Å². The van der Waals surface area contributed by atoms with Gasteiger partial charge in [0, 0.05) is 63.7 Å². The molecule has 10 heteroatoms. The zero-order chi connectivity index (χ0) is 29.0. The van der Waals surface area contributed by atoms with Gasteiger partial charge in [-0.3, -0.25) is 9.11 Å². The first-order valence-corrected chi connectivity index (χ1v) is 17.5. The molecular formula is C31H39N7OS2. The first kappa shape index (κ1) is 27.1. The van der Waals surface area contributed by atoms with Crippen LogP contribution in [0, 0.1) is 38.0 Å². The third-order valence-corrected chi connectivity index (χ3v) is 13.0. The molecule has 6 heterocycles. The molecule has 0 amide bonds. The summed E-state index contributed by atoms with van der Waals surface area (Å²) in [7, 11) is -2.23. The first-order chi connectivity index (χ1) is 19.4. The van der Waals surface area contributed by atoms with Gasteiger partial charge < -0.3 is 4.98 Å². The number of aromatic nitrogens is 4. The van der Waals surface area contributed by atoms with E-state index < -0.39 is 9.71 Å². The van der Waals surface area contributed by atoms with Crippen molar-refractivity contribution in [1.29, 1.82) is 5.26 Å². The number of aromatic amines is 1. The smallest absolute Gasteiger partial charge is 0.158 e. The highest BCUT2D eigenvalue weighted by atomic mass is 32.2. The van der Waals surface area contributed by atoms with E-state index in [-0.39, 0.29) is 5.54 Å². The van der Waals surface area contributed by atoms with Crippen LogP contribution in [-0.2, 0) is 9.71 Å². The van der Waals surface area contributed by atoms with Gasteiger partial charge in [0.15, 0.2) is 5.65 Å². The van der Waals surface area contributed by atoms with E-state index in [4.69, 9.17) is 0 Å². The lowest BCUT2D eigenvalue weighted by Gasteiger charge is -2.56. The van der Waals surface area contributed by atoms with Gasteiger partial charge in [0.1, 0.15) is 11.2 Å². The summed E-state index contributed by atoms with van der Waals surface area (Å²) in [5.41, 5.74) is 8.37. The number of rotatable bonds is 6. The Morgan fingerprint density at radius 1 is 1.24 bits per heavy atom. The van der Waals surface area contributed by atoms with Crippen LogP contribution < -0.4 is 0 Å². The predicted octanol–water partition coefficient (Wildman–Crippen LogP) is 5.39.